The zero-order valence-corrected chi connectivity index (χ0v) is 10.7. The highest BCUT2D eigenvalue weighted by Gasteiger charge is 2.32. The summed E-state index contributed by atoms with van der Waals surface area (Å²) in [6.07, 6.45) is 4.68. The second-order valence-electron chi connectivity index (χ2n) is 5.61. The summed E-state index contributed by atoms with van der Waals surface area (Å²) < 4.78 is 0. The van der Waals surface area contributed by atoms with Crippen LogP contribution in [0.25, 0.3) is 0 Å². The lowest BCUT2D eigenvalue weighted by molar-refractivity contribution is -0.00585. The second-order valence-corrected chi connectivity index (χ2v) is 5.61. The van der Waals surface area contributed by atoms with Gasteiger partial charge < -0.3 is 14.9 Å². The molecule has 3 heteroatoms. The molecule has 0 spiro atoms. The molecule has 1 saturated heterocycles. The minimum absolute atomic E-state index is 0.0171. The molecule has 1 N–H and O–H groups in total. The molecule has 0 unspecified atom stereocenters. The number of aliphatic hydroxyl groups excluding tert-OH is 1. The van der Waals surface area contributed by atoms with Crippen LogP contribution in [0.1, 0.15) is 32.6 Å². The Balaban J connectivity index is 1.74. The smallest absolute Gasteiger partial charge is 0.0570 e. The van der Waals surface area contributed by atoms with E-state index in [0.29, 0.717) is 6.04 Å². The van der Waals surface area contributed by atoms with Gasteiger partial charge in [-0.3, -0.25) is 0 Å². The Morgan fingerprint density at radius 3 is 2.38 bits per heavy atom. The highest BCUT2D eigenvalue weighted by Crippen LogP contribution is 2.27. The van der Waals surface area contributed by atoms with Crippen LogP contribution in [0.4, 0.5) is 0 Å². The van der Waals surface area contributed by atoms with Crippen LogP contribution in [0.5, 0.6) is 0 Å². The van der Waals surface area contributed by atoms with Gasteiger partial charge in [0.2, 0.25) is 0 Å². The Morgan fingerprint density at radius 2 is 1.88 bits per heavy atom. The van der Waals surface area contributed by atoms with Gasteiger partial charge in [0.15, 0.2) is 0 Å². The van der Waals surface area contributed by atoms with E-state index < -0.39 is 0 Å². The third-order valence-corrected chi connectivity index (χ3v) is 4.34. The van der Waals surface area contributed by atoms with Crippen molar-refractivity contribution in [1.82, 2.24) is 9.80 Å². The van der Waals surface area contributed by atoms with Gasteiger partial charge in [0.05, 0.1) is 6.10 Å². The Hall–Kier alpha value is -0.120. The Kier molecular flexibility index (Phi) is 4.22. The molecule has 1 aliphatic heterocycles. The highest BCUT2D eigenvalue weighted by atomic mass is 16.3. The van der Waals surface area contributed by atoms with Gasteiger partial charge in [-0.15, -0.1) is 0 Å². The predicted molar refractivity (Wildman–Crippen MR) is 66.5 cm³/mol. The Labute approximate surface area is 99.4 Å². The molecule has 2 fully saturated rings. The van der Waals surface area contributed by atoms with Crippen LogP contribution in [0.2, 0.25) is 0 Å². The lowest BCUT2D eigenvalue weighted by atomic mass is 9.86. The average Bonchev–Trinajstić information content (AvgIpc) is 2.25. The molecule has 0 aromatic heterocycles. The van der Waals surface area contributed by atoms with Crippen LogP contribution in [-0.2, 0) is 0 Å². The summed E-state index contributed by atoms with van der Waals surface area (Å²) >= 11 is 0. The first-order valence-electron chi connectivity index (χ1n) is 6.79. The second kappa shape index (κ2) is 5.48. The highest BCUT2D eigenvalue weighted by molar-refractivity contribution is 4.88. The van der Waals surface area contributed by atoms with Crippen molar-refractivity contribution in [3.63, 3.8) is 0 Å². The van der Waals surface area contributed by atoms with Crippen molar-refractivity contribution < 1.29 is 5.11 Å². The first kappa shape index (κ1) is 12.3. The molecule has 0 atom stereocenters. The van der Waals surface area contributed by atoms with Crippen molar-refractivity contribution >= 4 is 0 Å². The fraction of sp³-hybridized carbons (Fsp3) is 1.00. The number of hydrogen-bond acceptors (Lipinski definition) is 3. The molecule has 0 bridgehead atoms. The van der Waals surface area contributed by atoms with Gasteiger partial charge in [0, 0.05) is 12.6 Å². The quantitative estimate of drug-likeness (QED) is 0.779. The van der Waals surface area contributed by atoms with Crippen molar-refractivity contribution in [2.45, 2.75) is 44.8 Å². The van der Waals surface area contributed by atoms with E-state index in [4.69, 9.17) is 0 Å². The van der Waals surface area contributed by atoms with Crippen LogP contribution in [0, 0.1) is 5.92 Å². The molecule has 1 heterocycles. The maximum Gasteiger partial charge on any atom is 0.0570 e. The fourth-order valence-electron chi connectivity index (χ4n) is 2.97. The van der Waals surface area contributed by atoms with E-state index in [1.165, 1.54) is 32.5 Å². The van der Waals surface area contributed by atoms with E-state index in [1.54, 1.807) is 0 Å². The predicted octanol–water partition coefficient (Wildman–Crippen LogP) is 1.17. The summed E-state index contributed by atoms with van der Waals surface area (Å²) in [5, 5.41) is 9.37. The van der Waals surface area contributed by atoms with Gasteiger partial charge in [-0.05, 0) is 58.3 Å². The van der Waals surface area contributed by atoms with Crippen molar-refractivity contribution in [2.75, 3.05) is 33.2 Å². The third-order valence-electron chi connectivity index (χ3n) is 4.34. The van der Waals surface area contributed by atoms with E-state index in [1.807, 2.05) is 0 Å². The summed E-state index contributed by atoms with van der Waals surface area (Å²) in [5.74, 6) is 0.883. The average molecular weight is 226 g/mol. The number of nitrogens with zero attached hydrogens (tertiary/aromatic N) is 2. The summed E-state index contributed by atoms with van der Waals surface area (Å²) in [6, 6.07) is 0.666. The summed E-state index contributed by atoms with van der Waals surface area (Å²) in [6.45, 7) is 7.16. The minimum atomic E-state index is -0.0171. The summed E-state index contributed by atoms with van der Waals surface area (Å²) in [4.78, 5) is 5.02. The molecule has 1 aliphatic carbocycles. The first-order chi connectivity index (χ1) is 7.69. The van der Waals surface area contributed by atoms with E-state index in [2.05, 4.69) is 23.8 Å². The standard InChI is InChI=1S/C13H26N2O/c1-3-15(12-8-13(16)9-12)10-11-4-6-14(2)7-5-11/h11-13,16H,3-10H2,1-2H3. The first-order valence-corrected chi connectivity index (χ1v) is 6.79. The fourth-order valence-corrected chi connectivity index (χ4v) is 2.97. The molecular formula is C13H26N2O. The van der Waals surface area contributed by atoms with Crippen LogP contribution in [-0.4, -0.2) is 60.3 Å². The van der Waals surface area contributed by atoms with Crippen molar-refractivity contribution in [3.05, 3.63) is 0 Å². The zero-order chi connectivity index (χ0) is 11.5. The van der Waals surface area contributed by atoms with Gasteiger partial charge >= 0.3 is 0 Å². The van der Waals surface area contributed by atoms with Crippen LogP contribution in [0.15, 0.2) is 0 Å². The number of piperidine rings is 1. The molecule has 16 heavy (non-hydrogen) atoms. The molecule has 2 rings (SSSR count). The van der Waals surface area contributed by atoms with E-state index in [9.17, 15) is 5.11 Å². The maximum absolute atomic E-state index is 9.37. The monoisotopic (exact) mass is 226 g/mol. The molecule has 0 amide bonds. The van der Waals surface area contributed by atoms with E-state index in [-0.39, 0.29) is 6.10 Å². The van der Waals surface area contributed by atoms with Gasteiger partial charge in [0.1, 0.15) is 0 Å². The largest absolute Gasteiger partial charge is 0.393 e. The molecule has 2 aliphatic rings. The molecule has 0 aromatic rings. The topological polar surface area (TPSA) is 26.7 Å². The Bertz CT molecular complexity index is 208. The SMILES string of the molecule is CCN(CC1CCN(C)CC1)C1CC(O)C1. The molecule has 3 nitrogen and oxygen atoms in total. The minimum Gasteiger partial charge on any atom is -0.393 e. The van der Waals surface area contributed by atoms with E-state index in [0.717, 1.165) is 25.3 Å². The number of aliphatic hydroxyl groups is 1. The molecule has 0 radical (unpaired) electrons. The Morgan fingerprint density at radius 1 is 1.25 bits per heavy atom. The molecule has 94 valence electrons. The van der Waals surface area contributed by atoms with E-state index >= 15 is 0 Å². The van der Waals surface area contributed by atoms with Gasteiger partial charge in [-0.25, -0.2) is 0 Å². The summed E-state index contributed by atoms with van der Waals surface area (Å²) in [5.41, 5.74) is 0. The molecule has 1 saturated carbocycles. The molecule has 0 aromatic carbocycles. The van der Waals surface area contributed by atoms with Crippen LogP contribution >= 0.6 is 0 Å². The van der Waals surface area contributed by atoms with Crippen LogP contribution in [0.3, 0.4) is 0 Å². The van der Waals surface area contributed by atoms with Gasteiger partial charge in [-0.1, -0.05) is 6.92 Å². The van der Waals surface area contributed by atoms with Gasteiger partial charge in [0.25, 0.3) is 0 Å². The number of likely N-dealkylation sites (tertiary alicyclic amines) is 1. The molecular weight excluding hydrogens is 200 g/mol. The summed E-state index contributed by atoms with van der Waals surface area (Å²) in [7, 11) is 2.22. The zero-order valence-electron chi connectivity index (χ0n) is 10.7. The van der Waals surface area contributed by atoms with Crippen molar-refractivity contribution in [3.8, 4) is 0 Å². The van der Waals surface area contributed by atoms with Crippen molar-refractivity contribution in [2.24, 2.45) is 5.92 Å². The lowest BCUT2D eigenvalue weighted by Gasteiger charge is -2.42. The van der Waals surface area contributed by atoms with Crippen molar-refractivity contribution in [1.29, 1.82) is 0 Å². The lowest BCUT2D eigenvalue weighted by Crippen LogP contribution is -2.49. The normalized spacial score (nSPS) is 33.0. The third kappa shape index (κ3) is 2.96. The van der Waals surface area contributed by atoms with Crippen LogP contribution < -0.4 is 0 Å². The van der Waals surface area contributed by atoms with Gasteiger partial charge in [-0.2, -0.15) is 0 Å². The number of rotatable bonds is 4. The maximum atomic E-state index is 9.37. The number of hydrogen-bond donors (Lipinski definition) is 1.